The van der Waals surface area contributed by atoms with Crippen LogP contribution in [-0.2, 0) is 4.79 Å². The van der Waals surface area contributed by atoms with Crippen molar-refractivity contribution in [3.8, 4) is 11.5 Å². The lowest BCUT2D eigenvalue weighted by Gasteiger charge is -2.32. The number of methoxy groups -OCH3 is 1. The third-order valence-electron chi connectivity index (χ3n) is 5.31. The molecule has 3 N–H and O–H groups in total. The number of benzene rings is 1. The molecule has 0 bridgehead atoms. The molecule has 0 radical (unpaired) electrons. The molecular weight excluding hydrogens is 318 g/mol. The maximum Gasteiger partial charge on any atom is 0.278 e. The van der Waals surface area contributed by atoms with Gasteiger partial charge in [0.15, 0.2) is 6.04 Å². The highest BCUT2D eigenvalue weighted by atomic mass is 16.5. The third kappa shape index (κ3) is 5.34. The van der Waals surface area contributed by atoms with Crippen molar-refractivity contribution >= 4 is 5.91 Å². The van der Waals surface area contributed by atoms with Gasteiger partial charge in [0.05, 0.1) is 7.11 Å². The van der Waals surface area contributed by atoms with Crippen LogP contribution in [0.3, 0.4) is 0 Å². The molecule has 1 heterocycles. The fourth-order valence-corrected chi connectivity index (χ4v) is 3.33. The number of piperazine rings is 1. The van der Waals surface area contributed by atoms with Crippen molar-refractivity contribution in [1.82, 2.24) is 5.32 Å². The van der Waals surface area contributed by atoms with E-state index in [9.17, 15) is 4.79 Å². The Bertz CT molecular complexity index is 552. The van der Waals surface area contributed by atoms with Crippen molar-refractivity contribution < 1.29 is 24.1 Å². The van der Waals surface area contributed by atoms with E-state index < -0.39 is 0 Å². The number of quaternary nitrogens is 2. The van der Waals surface area contributed by atoms with Gasteiger partial charge in [-0.2, -0.15) is 0 Å². The van der Waals surface area contributed by atoms with Gasteiger partial charge in [-0.3, -0.25) is 4.79 Å². The number of hydrogen-bond acceptors (Lipinski definition) is 3. The van der Waals surface area contributed by atoms with Gasteiger partial charge in [0.25, 0.3) is 5.91 Å². The number of nitrogens with one attached hydrogen (secondary N) is 3. The molecule has 0 unspecified atom stereocenters. The smallest absolute Gasteiger partial charge is 0.278 e. The first-order valence-corrected chi connectivity index (χ1v) is 9.41. The maximum absolute atomic E-state index is 12.2. The normalized spacial score (nSPS) is 24.4. The summed E-state index contributed by atoms with van der Waals surface area (Å²) in [5.74, 6) is 1.95. The maximum atomic E-state index is 12.2. The Labute approximate surface area is 150 Å². The monoisotopic (exact) mass is 349 g/mol. The summed E-state index contributed by atoms with van der Waals surface area (Å²) in [4.78, 5) is 15.2. The number of carbonyl (C=O) groups excluding carboxylic acids is 1. The summed E-state index contributed by atoms with van der Waals surface area (Å²) in [5.41, 5.74) is 0. The quantitative estimate of drug-likeness (QED) is 0.537. The van der Waals surface area contributed by atoms with Crippen molar-refractivity contribution in [3.63, 3.8) is 0 Å². The first-order chi connectivity index (χ1) is 12.2. The Kier molecular flexibility index (Phi) is 6.15. The standard InChI is InChI=1S/C19H29N3O3/c1-15(19(23)20-16-3-4-16)22-11-9-21(10-12-22)13-14-25-18-7-5-17(24-2)6-8-18/h5-8,15-16H,3-4,9-14H2,1-2H3,(H,20,23)/p+2/t15-/m1/s1. The summed E-state index contributed by atoms with van der Waals surface area (Å²) in [6.45, 7) is 8.08. The number of hydrogen-bond donors (Lipinski definition) is 3. The summed E-state index contributed by atoms with van der Waals surface area (Å²) in [6.07, 6.45) is 2.31. The lowest BCUT2D eigenvalue weighted by Crippen LogP contribution is -3.30. The molecule has 1 aromatic carbocycles. The van der Waals surface area contributed by atoms with Gasteiger partial charge >= 0.3 is 0 Å². The molecule has 2 fully saturated rings. The molecule has 1 aromatic rings. The van der Waals surface area contributed by atoms with Crippen LogP contribution in [0.25, 0.3) is 0 Å². The molecule has 1 aliphatic carbocycles. The Morgan fingerprint density at radius 3 is 2.40 bits per heavy atom. The molecule has 6 nitrogen and oxygen atoms in total. The van der Waals surface area contributed by atoms with Crippen molar-refractivity contribution in [2.24, 2.45) is 0 Å². The molecule has 25 heavy (non-hydrogen) atoms. The summed E-state index contributed by atoms with van der Waals surface area (Å²) in [7, 11) is 1.66. The van der Waals surface area contributed by atoms with Crippen LogP contribution < -0.4 is 24.6 Å². The minimum Gasteiger partial charge on any atom is -0.497 e. The molecule has 0 aromatic heterocycles. The van der Waals surface area contributed by atoms with E-state index in [1.807, 2.05) is 24.3 Å². The average molecular weight is 349 g/mol. The van der Waals surface area contributed by atoms with Gasteiger partial charge in [-0.15, -0.1) is 0 Å². The van der Waals surface area contributed by atoms with E-state index in [1.54, 1.807) is 12.0 Å². The summed E-state index contributed by atoms with van der Waals surface area (Å²) >= 11 is 0. The Hall–Kier alpha value is -1.79. The highest BCUT2D eigenvalue weighted by Gasteiger charge is 2.33. The van der Waals surface area contributed by atoms with Crippen LogP contribution in [0, 0.1) is 0 Å². The average Bonchev–Trinajstić information content (AvgIpc) is 3.46. The molecule has 1 atom stereocenters. The summed E-state index contributed by atoms with van der Waals surface area (Å²) in [5, 5.41) is 3.13. The SMILES string of the molecule is COc1ccc(OCC[NH+]2CC[NH+]([C@H](C)C(=O)NC3CC3)CC2)cc1. The second-order valence-electron chi connectivity index (χ2n) is 7.19. The number of amides is 1. The van der Waals surface area contributed by atoms with Gasteiger partial charge in [-0.25, -0.2) is 0 Å². The van der Waals surface area contributed by atoms with Gasteiger partial charge in [0.2, 0.25) is 0 Å². The van der Waals surface area contributed by atoms with Gasteiger partial charge in [0.1, 0.15) is 50.8 Å². The number of carbonyl (C=O) groups is 1. The minimum atomic E-state index is 0.0673. The number of rotatable bonds is 8. The molecule has 1 aliphatic heterocycles. The van der Waals surface area contributed by atoms with Crippen LogP contribution in [0.2, 0.25) is 0 Å². The second kappa shape index (κ2) is 8.54. The largest absolute Gasteiger partial charge is 0.497 e. The Balaban J connectivity index is 1.33. The second-order valence-corrected chi connectivity index (χ2v) is 7.19. The highest BCUT2D eigenvalue weighted by molar-refractivity contribution is 5.80. The van der Waals surface area contributed by atoms with Crippen molar-refractivity contribution in [2.75, 3.05) is 46.4 Å². The lowest BCUT2D eigenvalue weighted by atomic mass is 10.2. The fourth-order valence-electron chi connectivity index (χ4n) is 3.33. The van der Waals surface area contributed by atoms with E-state index in [0.29, 0.717) is 12.6 Å². The molecule has 6 heteroatoms. The fraction of sp³-hybridized carbons (Fsp3) is 0.632. The number of ether oxygens (including phenoxy) is 2. The van der Waals surface area contributed by atoms with E-state index in [2.05, 4.69) is 12.2 Å². The zero-order chi connectivity index (χ0) is 17.6. The summed E-state index contributed by atoms with van der Waals surface area (Å²) < 4.78 is 11.0. The molecule has 138 valence electrons. The zero-order valence-electron chi connectivity index (χ0n) is 15.3. The van der Waals surface area contributed by atoms with Gasteiger partial charge < -0.3 is 24.6 Å². The first kappa shape index (κ1) is 18.0. The molecule has 2 aliphatic rings. The van der Waals surface area contributed by atoms with Crippen LogP contribution >= 0.6 is 0 Å². The molecule has 3 rings (SSSR count). The van der Waals surface area contributed by atoms with Crippen LogP contribution in [0.15, 0.2) is 24.3 Å². The molecular formula is C19H31N3O3+2. The topological polar surface area (TPSA) is 56.4 Å². The van der Waals surface area contributed by atoms with E-state index >= 15 is 0 Å². The first-order valence-electron chi connectivity index (χ1n) is 9.41. The summed E-state index contributed by atoms with van der Waals surface area (Å²) in [6, 6.07) is 8.23. The van der Waals surface area contributed by atoms with Crippen LogP contribution in [-0.4, -0.2) is 64.4 Å². The van der Waals surface area contributed by atoms with Crippen LogP contribution in [0.1, 0.15) is 19.8 Å². The van der Waals surface area contributed by atoms with Crippen LogP contribution in [0.4, 0.5) is 0 Å². The van der Waals surface area contributed by atoms with E-state index in [1.165, 1.54) is 4.90 Å². The molecule has 1 saturated carbocycles. The molecule has 0 spiro atoms. The predicted molar refractivity (Wildman–Crippen MR) is 95.4 cm³/mol. The van der Waals surface area contributed by atoms with E-state index in [4.69, 9.17) is 9.47 Å². The highest BCUT2D eigenvalue weighted by Crippen LogP contribution is 2.18. The van der Waals surface area contributed by atoms with Gasteiger partial charge in [-0.05, 0) is 44.0 Å². The third-order valence-corrected chi connectivity index (χ3v) is 5.31. The van der Waals surface area contributed by atoms with E-state index in [0.717, 1.165) is 57.1 Å². The van der Waals surface area contributed by atoms with E-state index in [-0.39, 0.29) is 11.9 Å². The van der Waals surface area contributed by atoms with Gasteiger partial charge in [-0.1, -0.05) is 0 Å². The van der Waals surface area contributed by atoms with Crippen molar-refractivity contribution in [1.29, 1.82) is 0 Å². The Morgan fingerprint density at radius 1 is 1.16 bits per heavy atom. The lowest BCUT2D eigenvalue weighted by molar-refractivity contribution is -1.02. The van der Waals surface area contributed by atoms with Gasteiger partial charge in [0, 0.05) is 6.04 Å². The predicted octanol–water partition coefficient (Wildman–Crippen LogP) is -1.48. The molecule has 1 saturated heterocycles. The molecule has 1 amide bonds. The van der Waals surface area contributed by atoms with Crippen molar-refractivity contribution in [3.05, 3.63) is 24.3 Å². The zero-order valence-corrected chi connectivity index (χ0v) is 15.3. The Morgan fingerprint density at radius 2 is 1.80 bits per heavy atom. The van der Waals surface area contributed by atoms with Crippen LogP contribution in [0.5, 0.6) is 11.5 Å². The minimum absolute atomic E-state index is 0.0673. The van der Waals surface area contributed by atoms with Crippen molar-refractivity contribution in [2.45, 2.75) is 31.8 Å².